The fourth-order valence-electron chi connectivity index (χ4n) is 3.78. The second-order valence-corrected chi connectivity index (χ2v) is 8.03. The lowest BCUT2D eigenvalue weighted by atomic mass is 10.1. The number of rotatable bonds is 9. The van der Waals surface area contributed by atoms with Gasteiger partial charge in [-0.05, 0) is 42.8 Å². The molecule has 7 heteroatoms. The molecule has 1 aromatic heterocycles. The van der Waals surface area contributed by atoms with Crippen LogP contribution in [0.2, 0.25) is 0 Å². The first-order valence-corrected chi connectivity index (χ1v) is 11.5. The van der Waals surface area contributed by atoms with Crippen molar-refractivity contribution in [3.8, 4) is 22.7 Å². The van der Waals surface area contributed by atoms with Gasteiger partial charge in [-0.3, -0.25) is 9.59 Å². The van der Waals surface area contributed by atoms with Gasteiger partial charge in [-0.1, -0.05) is 55.5 Å². The first-order valence-electron chi connectivity index (χ1n) is 11.5. The van der Waals surface area contributed by atoms with Crippen LogP contribution in [0.25, 0.3) is 16.9 Å². The van der Waals surface area contributed by atoms with Gasteiger partial charge in [0.05, 0.1) is 18.5 Å². The van der Waals surface area contributed by atoms with Crippen molar-refractivity contribution in [2.45, 2.75) is 13.3 Å². The molecule has 0 radical (unpaired) electrons. The second-order valence-electron chi connectivity index (χ2n) is 8.03. The molecule has 4 rings (SSSR count). The molecule has 3 aromatic carbocycles. The van der Waals surface area contributed by atoms with E-state index < -0.39 is 0 Å². The van der Waals surface area contributed by atoms with Gasteiger partial charge in [0.15, 0.2) is 0 Å². The zero-order valence-electron chi connectivity index (χ0n) is 19.8. The zero-order valence-corrected chi connectivity index (χ0v) is 19.8. The molecule has 0 unspecified atom stereocenters. The molecular weight excluding hydrogens is 440 g/mol. The summed E-state index contributed by atoms with van der Waals surface area (Å²) in [7, 11) is 1.61. The highest BCUT2D eigenvalue weighted by Gasteiger charge is 2.20. The third kappa shape index (κ3) is 5.76. The fourth-order valence-corrected chi connectivity index (χ4v) is 3.78. The molecule has 35 heavy (non-hydrogen) atoms. The minimum Gasteiger partial charge on any atom is -0.497 e. The van der Waals surface area contributed by atoms with Crippen molar-refractivity contribution in [2.75, 3.05) is 25.5 Å². The normalized spacial score (nSPS) is 10.6. The molecule has 0 bridgehead atoms. The number of carbonyl (C=O) groups excluding carboxylic acids is 2. The topological polar surface area (TPSA) is 76.5 Å². The molecule has 0 saturated carbocycles. The predicted molar refractivity (Wildman–Crippen MR) is 137 cm³/mol. The van der Waals surface area contributed by atoms with Crippen molar-refractivity contribution in [3.05, 3.63) is 96.6 Å². The van der Waals surface area contributed by atoms with Crippen LogP contribution in [0.4, 0.5) is 5.82 Å². The number of nitrogens with one attached hydrogen (secondary N) is 1. The Morgan fingerprint density at radius 3 is 2.23 bits per heavy atom. The maximum atomic E-state index is 13.1. The number of amides is 2. The Kier molecular flexibility index (Phi) is 7.57. The summed E-state index contributed by atoms with van der Waals surface area (Å²) >= 11 is 0. The summed E-state index contributed by atoms with van der Waals surface area (Å²) in [6.45, 7) is 2.40. The number of ether oxygens (including phenoxy) is 1. The number of hydrogen-bond donors (Lipinski definition) is 1. The number of aromatic nitrogens is 2. The van der Waals surface area contributed by atoms with E-state index in [1.54, 1.807) is 28.8 Å². The summed E-state index contributed by atoms with van der Waals surface area (Å²) in [5.41, 5.74) is 2.99. The molecule has 2 amide bonds. The SMILES string of the molecule is CCCN(CC(=O)Nc1cc(-c2ccccc2)nn1-c1ccc(OC)cc1)C(=O)c1ccccc1. The number of nitrogens with zero attached hydrogens (tertiary/aromatic N) is 3. The van der Waals surface area contributed by atoms with E-state index in [4.69, 9.17) is 9.84 Å². The standard InChI is InChI=1S/C28H28N4O3/c1-3-18-31(28(34)22-12-8-5-9-13-22)20-27(33)29-26-19-25(21-10-6-4-7-11-21)30-32(26)23-14-16-24(35-2)17-15-23/h4-17,19H,3,18,20H2,1-2H3,(H,29,33). The van der Waals surface area contributed by atoms with E-state index in [-0.39, 0.29) is 18.4 Å². The Morgan fingerprint density at radius 1 is 0.943 bits per heavy atom. The van der Waals surface area contributed by atoms with Crippen LogP contribution in [0.3, 0.4) is 0 Å². The largest absolute Gasteiger partial charge is 0.497 e. The predicted octanol–water partition coefficient (Wildman–Crippen LogP) is 5.04. The van der Waals surface area contributed by atoms with E-state index in [1.807, 2.05) is 85.8 Å². The van der Waals surface area contributed by atoms with E-state index >= 15 is 0 Å². The van der Waals surface area contributed by atoms with E-state index in [1.165, 1.54) is 0 Å². The monoisotopic (exact) mass is 468 g/mol. The molecule has 0 aliphatic heterocycles. The van der Waals surface area contributed by atoms with Crippen LogP contribution in [0.5, 0.6) is 5.75 Å². The van der Waals surface area contributed by atoms with Gasteiger partial charge >= 0.3 is 0 Å². The van der Waals surface area contributed by atoms with Gasteiger partial charge in [-0.25, -0.2) is 4.68 Å². The maximum absolute atomic E-state index is 13.1. The Labute approximate surface area is 205 Å². The lowest BCUT2D eigenvalue weighted by molar-refractivity contribution is -0.116. The fraction of sp³-hybridized carbons (Fsp3) is 0.179. The molecular formula is C28H28N4O3. The van der Waals surface area contributed by atoms with Crippen molar-refractivity contribution < 1.29 is 14.3 Å². The smallest absolute Gasteiger partial charge is 0.254 e. The van der Waals surface area contributed by atoms with Gasteiger partial charge in [-0.2, -0.15) is 5.10 Å². The number of methoxy groups -OCH3 is 1. The van der Waals surface area contributed by atoms with Crippen LogP contribution in [-0.2, 0) is 4.79 Å². The first kappa shape index (κ1) is 23.8. The summed E-state index contributed by atoms with van der Waals surface area (Å²) in [6, 6.07) is 28.0. The van der Waals surface area contributed by atoms with Crippen LogP contribution < -0.4 is 10.1 Å². The minimum absolute atomic E-state index is 0.0595. The van der Waals surface area contributed by atoms with Crippen molar-refractivity contribution >= 4 is 17.6 Å². The van der Waals surface area contributed by atoms with Crippen LogP contribution in [-0.4, -0.2) is 46.7 Å². The Balaban J connectivity index is 1.60. The molecule has 0 atom stereocenters. The molecule has 0 aliphatic rings. The highest BCUT2D eigenvalue weighted by Crippen LogP contribution is 2.26. The van der Waals surface area contributed by atoms with Gasteiger partial charge in [0, 0.05) is 23.7 Å². The number of anilines is 1. The number of hydrogen-bond acceptors (Lipinski definition) is 4. The molecule has 7 nitrogen and oxygen atoms in total. The van der Waals surface area contributed by atoms with Crippen LogP contribution >= 0.6 is 0 Å². The summed E-state index contributed by atoms with van der Waals surface area (Å²) in [5, 5.41) is 7.70. The first-order chi connectivity index (χ1) is 17.1. The van der Waals surface area contributed by atoms with Crippen molar-refractivity contribution in [1.29, 1.82) is 0 Å². The van der Waals surface area contributed by atoms with E-state index in [2.05, 4.69) is 5.32 Å². The maximum Gasteiger partial charge on any atom is 0.254 e. The molecule has 0 saturated heterocycles. The van der Waals surface area contributed by atoms with Gasteiger partial charge in [0.2, 0.25) is 5.91 Å². The molecule has 1 heterocycles. The van der Waals surface area contributed by atoms with E-state index in [0.29, 0.717) is 17.9 Å². The van der Waals surface area contributed by atoms with Crippen molar-refractivity contribution in [3.63, 3.8) is 0 Å². The van der Waals surface area contributed by atoms with E-state index in [9.17, 15) is 9.59 Å². The quantitative estimate of drug-likeness (QED) is 0.373. The van der Waals surface area contributed by atoms with Crippen LogP contribution in [0.15, 0.2) is 91.0 Å². The van der Waals surface area contributed by atoms with Gasteiger partial charge < -0.3 is 15.0 Å². The molecule has 4 aromatic rings. The van der Waals surface area contributed by atoms with Gasteiger partial charge in [0.1, 0.15) is 18.1 Å². The van der Waals surface area contributed by atoms with Crippen molar-refractivity contribution in [2.24, 2.45) is 0 Å². The third-order valence-corrected chi connectivity index (χ3v) is 5.50. The Bertz CT molecular complexity index is 1270. The molecule has 0 spiro atoms. The second kappa shape index (κ2) is 11.2. The molecule has 0 fully saturated rings. The molecule has 178 valence electrons. The van der Waals surface area contributed by atoms with Gasteiger partial charge in [0.25, 0.3) is 5.91 Å². The van der Waals surface area contributed by atoms with Gasteiger partial charge in [-0.15, -0.1) is 0 Å². The third-order valence-electron chi connectivity index (χ3n) is 5.50. The summed E-state index contributed by atoms with van der Waals surface area (Å²) in [6.07, 6.45) is 0.744. The van der Waals surface area contributed by atoms with Crippen molar-refractivity contribution in [1.82, 2.24) is 14.7 Å². The summed E-state index contributed by atoms with van der Waals surface area (Å²) < 4.78 is 6.95. The zero-order chi connectivity index (χ0) is 24.6. The highest BCUT2D eigenvalue weighted by atomic mass is 16.5. The summed E-state index contributed by atoms with van der Waals surface area (Å²) in [5.74, 6) is 0.778. The number of carbonyl (C=O) groups is 2. The highest BCUT2D eigenvalue weighted by molar-refractivity contribution is 5.99. The van der Waals surface area contributed by atoms with Crippen LogP contribution in [0, 0.1) is 0 Å². The average molecular weight is 469 g/mol. The molecule has 1 N–H and O–H groups in total. The number of benzene rings is 3. The van der Waals surface area contributed by atoms with Crippen LogP contribution in [0.1, 0.15) is 23.7 Å². The van der Waals surface area contributed by atoms with E-state index in [0.717, 1.165) is 29.1 Å². The lowest BCUT2D eigenvalue weighted by Gasteiger charge is -2.21. The Morgan fingerprint density at radius 2 is 1.60 bits per heavy atom. The lowest BCUT2D eigenvalue weighted by Crippen LogP contribution is -2.38. The minimum atomic E-state index is -0.294. The molecule has 0 aliphatic carbocycles. The Hall–Kier alpha value is -4.39. The summed E-state index contributed by atoms with van der Waals surface area (Å²) in [4.78, 5) is 27.6. The average Bonchev–Trinajstić information content (AvgIpc) is 3.32.